The second-order valence-corrected chi connectivity index (χ2v) is 8.49. The van der Waals surface area contributed by atoms with Crippen molar-refractivity contribution in [3.63, 3.8) is 0 Å². The highest BCUT2D eigenvalue weighted by Crippen LogP contribution is 2.25. The van der Waals surface area contributed by atoms with Crippen LogP contribution in [0.3, 0.4) is 0 Å². The molecule has 0 bridgehead atoms. The minimum atomic E-state index is 0.289. The predicted molar refractivity (Wildman–Crippen MR) is 130 cm³/mol. The first-order valence-electron chi connectivity index (χ1n) is 11.5. The first-order valence-corrected chi connectivity index (χ1v) is 11.5. The third-order valence-corrected chi connectivity index (χ3v) is 6.20. The molecule has 0 radical (unpaired) electrons. The van der Waals surface area contributed by atoms with E-state index in [1.807, 2.05) is 24.4 Å². The molecule has 168 valence electrons. The number of hydrogen-bond donors (Lipinski definition) is 3. The Hall–Kier alpha value is -2.96. The summed E-state index contributed by atoms with van der Waals surface area (Å²) in [6.07, 6.45) is 3.82. The van der Waals surface area contributed by atoms with Crippen molar-refractivity contribution in [3.05, 3.63) is 71.4 Å². The Morgan fingerprint density at radius 2 is 1.94 bits per heavy atom. The van der Waals surface area contributed by atoms with Gasteiger partial charge in [-0.15, -0.1) is 0 Å². The van der Waals surface area contributed by atoms with Gasteiger partial charge in [-0.2, -0.15) is 0 Å². The minimum Gasteiger partial charge on any atom is -0.508 e. The molecule has 2 heterocycles. The van der Waals surface area contributed by atoms with Gasteiger partial charge in [-0.3, -0.25) is 4.90 Å². The Morgan fingerprint density at radius 1 is 1.12 bits per heavy atom. The predicted octanol–water partition coefficient (Wildman–Crippen LogP) is 4.00. The van der Waals surface area contributed by atoms with E-state index in [0.29, 0.717) is 12.0 Å². The van der Waals surface area contributed by atoms with Gasteiger partial charge in [-0.25, -0.2) is 9.97 Å². The van der Waals surface area contributed by atoms with Crippen molar-refractivity contribution in [1.29, 1.82) is 0 Å². The van der Waals surface area contributed by atoms with Crippen LogP contribution in [0, 0.1) is 6.92 Å². The Kier molecular flexibility index (Phi) is 7.35. The minimum absolute atomic E-state index is 0.289. The second kappa shape index (κ2) is 10.6. The van der Waals surface area contributed by atoms with Gasteiger partial charge in [-0.05, 0) is 60.7 Å². The van der Waals surface area contributed by atoms with E-state index in [9.17, 15) is 5.11 Å². The van der Waals surface area contributed by atoms with E-state index in [1.165, 1.54) is 11.1 Å². The number of rotatable bonds is 8. The number of benzene rings is 2. The highest BCUT2D eigenvalue weighted by molar-refractivity contribution is 5.65. The molecule has 3 aromatic rings. The van der Waals surface area contributed by atoms with Crippen LogP contribution in [0.15, 0.2) is 54.7 Å². The Balaban J connectivity index is 1.44. The molecule has 0 spiro atoms. The summed E-state index contributed by atoms with van der Waals surface area (Å²) in [7, 11) is 0. The van der Waals surface area contributed by atoms with Gasteiger partial charge in [0.2, 0.25) is 5.95 Å². The number of piperazine rings is 1. The highest BCUT2D eigenvalue weighted by Gasteiger charge is 2.20. The van der Waals surface area contributed by atoms with Gasteiger partial charge in [0.1, 0.15) is 5.75 Å². The lowest BCUT2D eigenvalue weighted by atomic mass is 10.0. The molecule has 2 aromatic carbocycles. The van der Waals surface area contributed by atoms with E-state index in [-0.39, 0.29) is 5.75 Å². The lowest BCUT2D eigenvalue weighted by molar-refractivity contribution is 0.149. The van der Waals surface area contributed by atoms with Crippen molar-refractivity contribution in [3.8, 4) is 17.0 Å². The van der Waals surface area contributed by atoms with Crippen LogP contribution in [0.4, 0.5) is 5.95 Å². The first-order chi connectivity index (χ1) is 15.6. The van der Waals surface area contributed by atoms with Crippen LogP contribution in [0.2, 0.25) is 0 Å². The van der Waals surface area contributed by atoms with E-state index in [4.69, 9.17) is 4.98 Å². The molecule has 1 saturated heterocycles. The van der Waals surface area contributed by atoms with E-state index >= 15 is 0 Å². The lowest BCUT2D eigenvalue weighted by Gasteiger charge is -2.35. The lowest BCUT2D eigenvalue weighted by Crippen LogP contribution is -2.50. The summed E-state index contributed by atoms with van der Waals surface area (Å²) < 4.78 is 0. The molecule has 1 aliphatic rings. The summed E-state index contributed by atoms with van der Waals surface area (Å²) >= 11 is 0. The van der Waals surface area contributed by atoms with Crippen LogP contribution in [0.1, 0.15) is 30.0 Å². The van der Waals surface area contributed by atoms with Crippen molar-refractivity contribution in [2.24, 2.45) is 0 Å². The number of aromatic hydroxyl groups is 1. The molecule has 1 aliphatic heterocycles. The molecule has 4 rings (SSSR count). The molecular formula is C26H33N5O. The Labute approximate surface area is 190 Å². The fourth-order valence-electron chi connectivity index (χ4n) is 4.27. The number of nitrogens with zero attached hydrogens (tertiary/aromatic N) is 3. The van der Waals surface area contributed by atoms with Crippen molar-refractivity contribution >= 4 is 5.95 Å². The van der Waals surface area contributed by atoms with E-state index < -0.39 is 0 Å². The normalized spacial score (nSPS) is 16.8. The molecule has 6 nitrogen and oxygen atoms in total. The van der Waals surface area contributed by atoms with Gasteiger partial charge >= 0.3 is 0 Å². The highest BCUT2D eigenvalue weighted by atomic mass is 16.3. The maximum Gasteiger partial charge on any atom is 0.223 e. The first kappa shape index (κ1) is 22.2. The third kappa shape index (κ3) is 5.64. The third-order valence-electron chi connectivity index (χ3n) is 6.20. The quantitative estimate of drug-likeness (QED) is 0.501. The molecule has 1 fully saturated rings. The average Bonchev–Trinajstić information content (AvgIpc) is 2.82. The smallest absolute Gasteiger partial charge is 0.223 e. The fourth-order valence-corrected chi connectivity index (χ4v) is 4.27. The number of aryl methyl sites for hydroxylation is 1. The SMILES string of the molecule is CCC1CNCCN1Cc1ccc(C)c(-c2ccnc(NCCc3ccc(O)cc3)n2)c1. The summed E-state index contributed by atoms with van der Waals surface area (Å²) in [6, 6.07) is 16.6. The van der Waals surface area contributed by atoms with Crippen molar-refractivity contribution in [2.45, 2.75) is 39.3 Å². The van der Waals surface area contributed by atoms with Crippen LogP contribution >= 0.6 is 0 Å². The van der Waals surface area contributed by atoms with Gasteiger partial charge in [0.15, 0.2) is 0 Å². The van der Waals surface area contributed by atoms with Gasteiger partial charge in [-0.1, -0.05) is 31.2 Å². The molecule has 1 unspecified atom stereocenters. The van der Waals surface area contributed by atoms with Crippen LogP contribution < -0.4 is 10.6 Å². The Morgan fingerprint density at radius 3 is 2.75 bits per heavy atom. The maximum absolute atomic E-state index is 9.42. The van der Waals surface area contributed by atoms with Gasteiger partial charge in [0, 0.05) is 50.5 Å². The second-order valence-electron chi connectivity index (χ2n) is 8.49. The monoisotopic (exact) mass is 431 g/mol. The van der Waals surface area contributed by atoms with Crippen molar-refractivity contribution in [2.75, 3.05) is 31.5 Å². The number of hydrogen-bond acceptors (Lipinski definition) is 6. The zero-order valence-electron chi connectivity index (χ0n) is 19.0. The number of phenols is 1. The molecule has 1 atom stereocenters. The average molecular weight is 432 g/mol. The summed E-state index contributed by atoms with van der Waals surface area (Å²) in [5.41, 5.74) is 5.81. The molecule has 3 N–H and O–H groups in total. The standard InChI is InChI=1S/C26H33N5O/c1-3-22-17-27-14-15-31(22)18-21-5-4-19(2)24(16-21)25-11-13-29-26(30-25)28-12-10-20-6-8-23(32)9-7-20/h4-9,11,13,16,22,27,32H,3,10,12,14-15,17-18H2,1-2H3,(H,28,29,30). The summed E-state index contributed by atoms with van der Waals surface area (Å²) in [5, 5.41) is 16.3. The van der Waals surface area contributed by atoms with Crippen LogP contribution in [-0.4, -0.2) is 52.2 Å². The summed E-state index contributed by atoms with van der Waals surface area (Å²) in [5.74, 6) is 0.928. The van der Waals surface area contributed by atoms with Crippen LogP contribution in [-0.2, 0) is 13.0 Å². The van der Waals surface area contributed by atoms with Gasteiger partial charge < -0.3 is 15.7 Å². The Bertz CT molecular complexity index is 1020. The summed E-state index contributed by atoms with van der Waals surface area (Å²) in [6.45, 7) is 9.32. The number of anilines is 1. The van der Waals surface area contributed by atoms with Crippen molar-refractivity contribution < 1.29 is 5.11 Å². The van der Waals surface area contributed by atoms with E-state index in [2.05, 4.69) is 52.6 Å². The van der Waals surface area contributed by atoms with Crippen LogP contribution in [0.5, 0.6) is 5.75 Å². The number of phenolic OH excluding ortho intramolecular Hbond substituents is 1. The number of aromatic nitrogens is 2. The fraction of sp³-hybridized carbons (Fsp3) is 0.385. The molecule has 0 amide bonds. The molecule has 6 heteroatoms. The largest absolute Gasteiger partial charge is 0.508 e. The van der Waals surface area contributed by atoms with Crippen LogP contribution in [0.25, 0.3) is 11.3 Å². The topological polar surface area (TPSA) is 73.3 Å². The molecule has 1 aromatic heterocycles. The zero-order chi connectivity index (χ0) is 22.3. The van der Waals surface area contributed by atoms with E-state index in [0.717, 1.165) is 62.4 Å². The molecular weight excluding hydrogens is 398 g/mol. The summed E-state index contributed by atoms with van der Waals surface area (Å²) in [4.78, 5) is 11.8. The maximum atomic E-state index is 9.42. The molecule has 0 saturated carbocycles. The van der Waals surface area contributed by atoms with Crippen molar-refractivity contribution in [1.82, 2.24) is 20.2 Å². The zero-order valence-corrected chi connectivity index (χ0v) is 19.0. The van der Waals surface area contributed by atoms with E-state index in [1.54, 1.807) is 12.1 Å². The molecule has 0 aliphatic carbocycles. The molecule has 32 heavy (non-hydrogen) atoms. The van der Waals surface area contributed by atoms with Gasteiger partial charge in [0.05, 0.1) is 5.69 Å². The van der Waals surface area contributed by atoms with Gasteiger partial charge in [0.25, 0.3) is 0 Å². The number of nitrogens with one attached hydrogen (secondary N) is 2.